The smallest absolute Gasteiger partial charge is 0.321 e. The fraction of sp³-hybridized carbons (Fsp3) is 0.429. The zero-order chi connectivity index (χ0) is 16.7. The van der Waals surface area contributed by atoms with Gasteiger partial charge in [0.05, 0.1) is 4.90 Å². The largest absolute Gasteiger partial charge is 0.480 e. The molecule has 1 heterocycles. The Labute approximate surface area is 129 Å². The number of nitrogens with zero attached hydrogens (tertiary/aromatic N) is 2. The summed E-state index contributed by atoms with van der Waals surface area (Å²) < 4.78 is 25.8. The molecule has 1 amide bonds. The molecule has 22 heavy (non-hydrogen) atoms. The van der Waals surface area contributed by atoms with E-state index in [1.165, 1.54) is 37.9 Å². The minimum absolute atomic E-state index is 0.0185. The third-order valence-electron chi connectivity index (χ3n) is 3.91. The standard InChI is InChI=1S/C14H18N2O5S/c1-9(14(18)19)15(3)22(20,21)12-5-4-11-6-7-16(10(2)17)13(11)8-12/h4-5,8-9H,6-7H2,1-3H3,(H,18,19). The van der Waals surface area contributed by atoms with Crippen LogP contribution in [0.15, 0.2) is 23.1 Å². The SMILES string of the molecule is CC(=O)N1CCc2ccc(S(=O)(=O)N(C)C(C)C(=O)O)cc21. The maximum absolute atomic E-state index is 12.5. The average molecular weight is 326 g/mol. The first-order chi connectivity index (χ1) is 10.2. The number of carboxylic acids is 1. The summed E-state index contributed by atoms with van der Waals surface area (Å²) >= 11 is 0. The van der Waals surface area contributed by atoms with Crippen molar-refractivity contribution in [3.8, 4) is 0 Å². The van der Waals surface area contributed by atoms with E-state index in [0.717, 1.165) is 9.87 Å². The lowest BCUT2D eigenvalue weighted by Gasteiger charge is -2.22. The van der Waals surface area contributed by atoms with Gasteiger partial charge in [0, 0.05) is 26.2 Å². The predicted octanol–water partition coefficient (Wildman–Crippen LogP) is 0.689. The number of anilines is 1. The van der Waals surface area contributed by atoms with E-state index in [-0.39, 0.29) is 10.8 Å². The minimum atomic E-state index is -3.94. The fourth-order valence-electron chi connectivity index (χ4n) is 2.38. The van der Waals surface area contributed by atoms with Gasteiger partial charge in [0.1, 0.15) is 6.04 Å². The molecule has 2 rings (SSSR count). The van der Waals surface area contributed by atoms with E-state index in [1.807, 2.05) is 0 Å². The van der Waals surface area contributed by atoms with Crippen LogP contribution in [0.25, 0.3) is 0 Å². The first-order valence-electron chi connectivity index (χ1n) is 6.78. The number of hydrogen-bond donors (Lipinski definition) is 1. The van der Waals surface area contributed by atoms with Gasteiger partial charge < -0.3 is 10.0 Å². The van der Waals surface area contributed by atoms with Crippen molar-refractivity contribution in [1.29, 1.82) is 0 Å². The number of amides is 1. The molecular weight excluding hydrogens is 308 g/mol. The molecule has 0 saturated carbocycles. The molecule has 0 saturated heterocycles. The second-order valence-electron chi connectivity index (χ2n) is 5.25. The van der Waals surface area contributed by atoms with Crippen LogP contribution in [0.5, 0.6) is 0 Å². The number of benzene rings is 1. The van der Waals surface area contributed by atoms with Crippen molar-refractivity contribution >= 4 is 27.6 Å². The molecule has 1 unspecified atom stereocenters. The van der Waals surface area contributed by atoms with E-state index in [9.17, 15) is 18.0 Å². The summed E-state index contributed by atoms with van der Waals surface area (Å²) in [5.41, 5.74) is 1.48. The Morgan fingerprint density at radius 2 is 2.00 bits per heavy atom. The molecule has 1 N–H and O–H groups in total. The van der Waals surface area contributed by atoms with Crippen LogP contribution in [-0.4, -0.2) is 49.3 Å². The summed E-state index contributed by atoms with van der Waals surface area (Å²) in [5, 5.41) is 8.97. The van der Waals surface area contributed by atoms with Crippen LogP contribution in [-0.2, 0) is 26.0 Å². The summed E-state index contributed by atoms with van der Waals surface area (Å²) in [6.07, 6.45) is 0.677. The van der Waals surface area contributed by atoms with E-state index in [0.29, 0.717) is 18.7 Å². The van der Waals surface area contributed by atoms with Crippen molar-refractivity contribution in [3.05, 3.63) is 23.8 Å². The van der Waals surface area contributed by atoms with Crippen LogP contribution in [0.1, 0.15) is 19.4 Å². The number of sulfonamides is 1. The second-order valence-corrected chi connectivity index (χ2v) is 7.24. The van der Waals surface area contributed by atoms with Gasteiger partial charge in [-0.2, -0.15) is 4.31 Å². The Hall–Kier alpha value is -1.93. The van der Waals surface area contributed by atoms with Crippen molar-refractivity contribution in [2.24, 2.45) is 0 Å². The second kappa shape index (κ2) is 5.69. The Morgan fingerprint density at radius 3 is 2.55 bits per heavy atom. The highest BCUT2D eigenvalue weighted by atomic mass is 32.2. The maximum atomic E-state index is 12.5. The van der Waals surface area contributed by atoms with Crippen LogP contribution in [0.4, 0.5) is 5.69 Å². The third-order valence-corrected chi connectivity index (χ3v) is 5.84. The van der Waals surface area contributed by atoms with Gasteiger partial charge in [-0.15, -0.1) is 0 Å². The summed E-state index contributed by atoms with van der Waals surface area (Å²) in [4.78, 5) is 24.1. The highest BCUT2D eigenvalue weighted by Gasteiger charge is 2.31. The summed E-state index contributed by atoms with van der Waals surface area (Å²) in [6, 6.07) is 3.37. The quantitative estimate of drug-likeness (QED) is 0.878. The van der Waals surface area contributed by atoms with Crippen LogP contribution in [0, 0.1) is 0 Å². The monoisotopic (exact) mass is 326 g/mol. The molecule has 8 heteroatoms. The average Bonchev–Trinajstić information content (AvgIpc) is 2.88. The van der Waals surface area contributed by atoms with Gasteiger partial charge in [-0.05, 0) is 31.0 Å². The number of rotatable bonds is 4. The molecule has 0 bridgehead atoms. The van der Waals surface area contributed by atoms with Crippen LogP contribution < -0.4 is 4.90 Å². The minimum Gasteiger partial charge on any atom is -0.480 e. The zero-order valence-electron chi connectivity index (χ0n) is 12.6. The van der Waals surface area contributed by atoms with Gasteiger partial charge in [-0.25, -0.2) is 8.42 Å². The molecule has 0 aliphatic carbocycles. The van der Waals surface area contributed by atoms with Crippen molar-refractivity contribution in [2.75, 3.05) is 18.5 Å². The summed E-state index contributed by atoms with van der Waals surface area (Å²) in [5.74, 6) is -1.38. The van der Waals surface area contributed by atoms with E-state index in [2.05, 4.69) is 0 Å². The highest BCUT2D eigenvalue weighted by molar-refractivity contribution is 7.89. The number of aliphatic carboxylic acids is 1. The molecule has 120 valence electrons. The highest BCUT2D eigenvalue weighted by Crippen LogP contribution is 2.31. The summed E-state index contributed by atoms with van der Waals surface area (Å²) in [7, 11) is -2.71. The van der Waals surface area contributed by atoms with Crippen molar-refractivity contribution in [1.82, 2.24) is 4.31 Å². The van der Waals surface area contributed by atoms with Crippen LogP contribution in [0.3, 0.4) is 0 Å². The topological polar surface area (TPSA) is 95.0 Å². The third kappa shape index (κ3) is 2.71. The molecule has 1 aliphatic rings. The lowest BCUT2D eigenvalue weighted by molar-refractivity contribution is -0.140. The number of carboxylic acid groups (broad SMARTS) is 1. The van der Waals surface area contributed by atoms with E-state index in [1.54, 1.807) is 6.07 Å². The van der Waals surface area contributed by atoms with Crippen molar-refractivity contribution < 1.29 is 23.1 Å². The molecule has 1 aromatic carbocycles. The number of hydrogen-bond acceptors (Lipinski definition) is 4. The first-order valence-corrected chi connectivity index (χ1v) is 8.22. The number of likely N-dealkylation sites (N-methyl/N-ethyl adjacent to an activating group) is 1. The molecule has 0 radical (unpaired) electrons. The normalized spacial score (nSPS) is 15.7. The van der Waals surface area contributed by atoms with Gasteiger partial charge in [-0.1, -0.05) is 6.07 Å². The van der Waals surface area contributed by atoms with Crippen LogP contribution in [0.2, 0.25) is 0 Å². The fourth-order valence-corrected chi connectivity index (χ4v) is 3.72. The molecule has 1 aromatic rings. The van der Waals surface area contributed by atoms with Gasteiger partial charge in [-0.3, -0.25) is 9.59 Å². The van der Waals surface area contributed by atoms with E-state index in [4.69, 9.17) is 5.11 Å². The number of carbonyl (C=O) groups excluding carboxylic acids is 1. The molecule has 1 aliphatic heterocycles. The molecular formula is C14H18N2O5S. The van der Waals surface area contributed by atoms with E-state index < -0.39 is 22.0 Å². The molecule has 0 spiro atoms. The van der Waals surface area contributed by atoms with Gasteiger partial charge >= 0.3 is 5.97 Å². The van der Waals surface area contributed by atoms with E-state index >= 15 is 0 Å². The Kier molecular flexibility index (Phi) is 4.25. The molecule has 0 fully saturated rings. The number of fused-ring (bicyclic) bond motifs is 1. The van der Waals surface area contributed by atoms with Gasteiger partial charge in [0.2, 0.25) is 15.9 Å². The Balaban J connectivity index is 2.44. The number of carbonyl (C=O) groups is 2. The van der Waals surface area contributed by atoms with Gasteiger partial charge in [0.25, 0.3) is 0 Å². The van der Waals surface area contributed by atoms with Gasteiger partial charge in [0.15, 0.2) is 0 Å². The first kappa shape index (κ1) is 16.4. The Morgan fingerprint density at radius 1 is 1.36 bits per heavy atom. The molecule has 7 nitrogen and oxygen atoms in total. The summed E-state index contributed by atoms with van der Waals surface area (Å²) in [6.45, 7) is 3.25. The van der Waals surface area contributed by atoms with Crippen molar-refractivity contribution in [3.63, 3.8) is 0 Å². The maximum Gasteiger partial charge on any atom is 0.321 e. The van der Waals surface area contributed by atoms with Crippen LogP contribution >= 0.6 is 0 Å². The Bertz CT molecular complexity index is 729. The lowest BCUT2D eigenvalue weighted by atomic mass is 10.2. The zero-order valence-corrected chi connectivity index (χ0v) is 13.4. The lowest BCUT2D eigenvalue weighted by Crippen LogP contribution is -2.40. The molecule has 0 aromatic heterocycles. The predicted molar refractivity (Wildman–Crippen MR) is 80.2 cm³/mol. The molecule has 1 atom stereocenters. The van der Waals surface area contributed by atoms with Crippen molar-refractivity contribution in [2.45, 2.75) is 31.2 Å².